The van der Waals surface area contributed by atoms with E-state index in [0.29, 0.717) is 5.56 Å². The third kappa shape index (κ3) is 6.22. The normalized spacial score (nSPS) is 11.3. The largest absolute Gasteiger partial charge is 0.480 e. The zero-order valence-corrected chi connectivity index (χ0v) is 14.2. The minimum atomic E-state index is -1.04. The number of carboxylic acids is 1. The molecule has 23 heavy (non-hydrogen) atoms. The number of amides is 1. The number of aliphatic carboxylic acids is 1. The molecule has 126 valence electrons. The molecule has 1 aromatic carbocycles. The topological polar surface area (TPSA) is 74.7 Å². The predicted octanol–water partition coefficient (Wildman–Crippen LogP) is 3.00. The van der Waals surface area contributed by atoms with Crippen molar-refractivity contribution in [2.24, 2.45) is 5.41 Å². The second kappa shape index (κ2) is 7.90. The molecular formula is C18H25NO4. The van der Waals surface area contributed by atoms with E-state index in [1.807, 2.05) is 19.9 Å². The minimum Gasteiger partial charge on any atom is -0.480 e. The SMILES string of the molecule is CC(C)N(CC(=O)O)C(=O)CC(C)(C)CC(=O)c1ccccc1. The van der Waals surface area contributed by atoms with Crippen molar-refractivity contribution >= 4 is 17.7 Å². The molecule has 1 aromatic rings. The maximum atomic E-state index is 12.4. The van der Waals surface area contributed by atoms with Gasteiger partial charge in [-0.3, -0.25) is 14.4 Å². The van der Waals surface area contributed by atoms with E-state index in [1.54, 1.807) is 38.1 Å². The highest BCUT2D eigenvalue weighted by molar-refractivity contribution is 5.96. The molecule has 0 atom stereocenters. The molecule has 0 bridgehead atoms. The van der Waals surface area contributed by atoms with E-state index in [9.17, 15) is 14.4 Å². The van der Waals surface area contributed by atoms with Gasteiger partial charge >= 0.3 is 5.97 Å². The highest BCUT2D eigenvalue weighted by atomic mass is 16.4. The van der Waals surface area contributed by atoms with E-state index in [0.717, 1.165) is 0 Å². The number of carbonyl (C=O) groups is 3. The maximum Gasteiger partial charge on any atom is 0.323 e. The number of benzene rings is 1. The average molecular weight is 319 g/mol. The standard InChI is InChI=1S/C18H25NO4/c1-13(2)19(12-17(22)23)16(21)11-18(3,4)10-15(20)14-8-6-5-7-9-14/h5-9,13H,10-12H2,1-4H3,(H,22,23). The van der Waals surface area contributed by atoms with Gasteiger partial charge < -0.3 is 10.0 Å². The molecule has 0 fully saturated rings. The monoisotopic (exact) mass is 319 g/mol. The van der Waals surface area contributed by atoms with Crippen LogP contribution in [0.4, 0.5) is 0 Å². The zero-order valence-electron chi connectivity index (χ0n) is 14.2. The summed E-state index contributed by atoms with van der Waals surface area (Å²) in [7, 11) is 0. The first-order chi connectivity index (χ1) is 10.6. The first kappa shape index (κ1) is 18.9. The fourth-order valence-corrected chi connectivity index (χ4v) is 2.44. The Morgan fingerprint density at radius 1 is 1.09 bits per heavy atom. The lowest BCUT2D eigenvalue weighted by Gasteiger charge is -2.30. The molecule has 0 heterocycles. The minimum absolute atomic E-state index is 0.0160. The second-order valence-electron chi connectivity index (χ2n) is 6.82. The van der Waals surface area contributed by atoms with Crippen LogP contribution < -0.4 is 0 Å². The van der Waals surface area contributed by atoms with Gasteiger partial charge in [0, 0.05) is 24.4 Å². The molecule has 5 nitrogen and oxygen atoms in total. The van der Waals surface area contributed by atoms with Crippen LogP contribution in [-0.2, 0) is 9.59 Å². The van der Waals surface area contributed by atoms with E-state index in [2.05, 4.69) is 0 Å². The Morgan fingerprint density at radius 3 is 2.13 bits per heavy atom. The van der Waals surface area contributed by atoms with Crippen LogP contribution in [-0.4, -0.2) is 40.3 Å². The van der Waals surface area contributed by atoms with E-state index >= 15 is 0 Å². The molecule has 1 N–H and O–H groups in total. The number of hydrogen-bond donors (Lipinski definition) is 1. The van der Waals surface area contributed by atoms with Gasteiger partial charge in [0.05, 0.1) is 0 Å². The summed E-state index contributed by atoms with van der Waals surface area (Å²) < 4.78 is 0. The van der Waals surface area contributed by atoms with Crippen LogP contribution >= 0.6 is 0 Å². The highest BCUT2D eigenvalue weighted by Gasteiger charge is 2.29. The van der Waals surface area contributed by atoms with Crippen molar-refractivity contribution in [2.75, 3.05) is 6.54 Å². The number of nitrogens with zero attached hydrogens (tertiary/aromatic N) is 1. The Bertz CT molecular complexity index is 564. The number of hydrogen-bond acceptors (Lipinski definition) is 3. The molecule has 0 unspecified atom stereocenters. The van der Waals surface area contributed by atoms with Crippen molar-refractivity contribution in [2.45, 2.75) is 46.6 Å². The van der Waals surface area contributed by atoms with E-state index in [4.69, 9.17) is 5.11 Å². The van der Waals surface area contributed by atoms with Crippen LogP contribution in [0.25, 0.3) is 0 Å². The van der Waals surface area contributed by atoms with Crippen molar-refractivity contribution in [3.8, 4) is 0 Å². The molecule has 0 aromatic heterocycles. The van der Waals surface area contributed by atoms with E-state index in [1.165, 1.54) is 4.90 Å². The van der Waals surface area contributed by atoms with Crippen molar-refractivity contribution in [1.29, 1.82) is 0 Å². The zero-order chi connectivity index (χ0) is 17.6. The molecule has 5 heteroatoms. The van der Waals surface area contributed by atoms with Crippen molar-refractivity contribution in [3.63, 3.8) is 0 Å². The number of Topliss-reactive ketones (excluding diaryl/α,β-unsaturated/α-hetero) is 1. The molecule has 0 radical (unpaired) electrons. The maximum absolute atomic E-state index is 12.4. The molecule has 1 rings (SSSR count). The summed E-state index contributed by atoms with van der Waals surface area (Å²) in [6, 6.07) is 8.77. The van der Waals surface area contributed by atoms with Crippen LogP contribution in [0.5, 0.6) is 0 Å². The van der Waals surface area contributed by atoms with Gasteiger partial charge in [-0.05, 0) is 19.3 Å². The highest BCUT2D eigenvalue weighted by Crippen LogP contribution is 2.28. The Balaban J connectivity index is 2.74. The number of carboxylic acid groups (broad SMARTS) is 1. The molecule has 0 aliphatic carbocycles. The van der Waals surface area contributed by atoms with Crippen LogP contribution in [0, 0.1) is 5.41 Å². The third-order valence-electron chi connectivity index (χ3n) is 3.61. The lowest BCUT2D eigenvalue weighted by molar-refractivity contribution is -0.146. The van der Waals surface area contributed by atoms with Crippen molar-refractivity contribution in [1.82, 2.24) is 4.90 Å². The smallest absolute Gasteiger partial charge is 0.323 e. The molecule has 1 amide bonds. The third-order valence-corrected chi connectivity index (χ3v) is 3.61. The fraction of sp³-hybridized carbons (Fsp3) is 0.500. The van der Waals surface area contributed by atoms with Crippen LogP contribution in [0.15, 0.2) is 30.3 Å². The van der Waals surface area contributed by atoms with Gasteiger partial charge in [0.1, 0.15) is 6.54 Å². The quantitative estimate of drug-likeness (QED) is 0.747. The van der Waals surface area contributed by atoms with Gasteiger partial charge in [-0.25, -0.2) is 0 Å². The van der Waals surface area contributed by atoms with Gasteiger partial charge in [-0.2, -0.15) is 0 Å². The van der Waals surface area contributed by atoms with E-state index in [-0.39, 0.29) is 37.1 Å². The molecule has 0 saturated carbocycles. The van der Waals surface area contributed by atoms with Crippen LogP contribution in [0.2, 0.25) is 0 Å². The molecule has 0 aliphatic heterocycles. The summed E-state index contributed by atoms with van der Waals surface area (Å²) in [5, 5.41) is 8.93. The number of carbonyl (C=O) groups excluding carboxylic acids is 2. The summed E-state index contributed by atoms with van der Waals surface area (Å²) in [5.41, 5.74) is 0.0922. The van der Waals surface area contributed by atoms with Gasteiger partial charge in [0.2, 0.25) is 5.91 Å². The molecular weight excluding hydrogens is 294 g/mol. The summed E-state index contributed by atoms with van der Waals surface area (Å²) in [6.45, 7) is 6.95. The lowest BCUT2D eigenvalue weighted by atomic mass is 9.82. The van der Waals surface area contributed by atoms with E-state index < -0.39 is 11.4 Å². The van der Waals surface area contributed by atoms with Crippen molar-refractivity contribution < 1.29 is 19.5 Å². The molecule has 0 spiro atoms. The van der Waals surface area contributed by atoms with Gasteiger partial charge in [0.25, 0.3) is 0 Å². The number of ketones is 1. The lowest BCUT2D eigenvalue weighted by Crippen LogP contribution is -2.42. The van der Waals surface area contributed by atoms with Gasteiger partial charge in [-0.15, -0.1) is 0 Å². The summed E-state index contributed by atoms with van der Waals surface area (Å²) in [5.74, 6) is -1.30. The molecule has 0 saturated heterocycles. The van der Waals surface area contributed by atoms with Gasteiger partial charge in [0.15, 0.2) is 5.78 Å². The summed E-state index contributed by atoms with van der Waals surface area (Å²) in [6.07, 6.45) is 0.374. The van der Waals surface area contributed by atoms with Crippen LogP contribution in [0.3, 0.4) is 0 Å². The Kier molecular flexibility index (Phi) is 6.49. The molecule has 0 aliphatic rings. The Labute approximate surface area is 137 Å². The summed E-state index contributed by atoms with van der Waals surface area (Å²) in [4.78, 5) is 36.9. The fourth-order valence-electron chi connectivity index (χ4n) is 2.44. The van der Waals surface area contributed by atoms with Gasteiger partial charge in [-0.1, -0.05) is 44.2 Å². The number of rotatable bonds is 8. The predicted molar refractivity (Wildman–Crippen MR) is 88.3 cm³/mol. The van der Waals surface area contributed by atoms with Crippen molar-refractivity contribution in [3.05, 3.63) is 35.9 Å². The van der Waals surface area contributed by atoms with Crippen LogP contribution in [0.1, 0.15) is 50.9 Å². The second-order valence-corrected chi connectivity index (χ2v) is 6.82. The Hall–Kier alpha value is -2.17. The average Bonchev–Trinajstić information content (AvgIpc) is 2.44. The Morgan fingerprint density at radius 2 is 1.65 bits per heavy atom. The first-order valence-electron chi connectivity index (χ1n) is 7.72. The first-order valence-corrected chi connectivity index (χ1v) is 7.72. The summed E-state index contributed by atoms with van der Waals surface area (Å²) >= 11 is 0.